The fourth-order valence-electron chi connectivity index (χ4n) is 1.64. The SMILES string of the molecule is Cc1cc(Cl)c(S(=O)(=O)Nc2ccc(Br)c(F)c2)cc1N. The Morgan fingerprint density at radius 1 is 1.29 bits per heavy atom. The Balaban J connectivity index is 2.43. The third-order valence-corrected chi connectivity index (χ3v) is 5.27. The van der Waals surface area contributed by atoms with E-state index < -0.39 is 15.8 Å². The molecule has 0 radical (unpaired) electrons. The van der Waals surface area contributed by atoms with Gasteiger partial charge in [-0.05, 0) is 58.7 Å². The Hall–Kier alpha value is -1.31. The van der Waals surface area contributed by atoms with E-state index in [2.05, 4.69) is 20.7 Å². The van der Waals surface area contributed by atoms with Crippen molar-refractivity contribution in [2.24, 2.45) is 0 Å². The standard InChI is InChI=1S/C13H11BrClFN2O2S/c1-7-4-10(15)13(6-12(7)17)21(19,20)18-8-2-3-9(14)11(16)5-8/h2-6,18H,17H2,1H3. The zero-order chi connectivity index (χ0) is 15.8. The van der Waals surface area contributed by atoms with E-state index in [1.807, 2.05) is 0 Å². The summed E-state index contributed by atoms with van der Waals surface area (Å²) < 4.78 is 40.5. The molecule has 0 amide bonds. The van der Waals surface area contributed by atoms with Crippen molar-refractivity contribution in [2.75, 3.05) is 10.5 Å². The van der Waals surface area contributed by atoms with E-state index in [0.29, 0.717) is 11.3 Å². The molecule has 3 N–H and O–H groups in total. The van der Waals surface area contributed by atoms with Crippen molar-refractivity contribution in [3.63, 3.8) is 0 Å². The first kappa shape index (κ1) is 16.1. The van der Waals surface area contributed by atoms with Crippen LogP contribution in [-0.2, 0) is 10.0 Å². The lowest BCUT2D eigenvalue weighted by Crippen LogP contribution is -2.14. The molecule has 0 saturated heterocycles. The molecule has 2 aromatic carbocycles. The third kappa shape index (κ3) is 3.48. The fourth-order valence-corrected chi connectivity index (χ4v) is 3.56. The molecule has 21 heavy (non-hydrogen) atoms. The van der Waals surface area contributed by atoms with Gasteiger partial charge in [0.1, 0.15) is 10.7 Å². The normalized spacial score (nSPS) is 11.4. The molecule has 0 fully saturated rings. The lowest BCUT2D eigenvalue weighted by molar-refractivity contribution is 0.601. The van der Waals surface area contributed by atoms with Crippen LogP contribution >= 0.6 is 27.5 Å². The fraction of sp³-hybridized carbons (Fsp3) is 0.0769. The first-order chi connectivity index (χ1) is 9.70. The topological polar surface area (TPSA) is 72.2 Å². The smallest absolute Gasteiger partial charge is 0.263 e. The van der Waals surface area contributed by atoms with Crippen LogP contribution < -0.4 is 10.5 Å². The molecule has 0 atom stereocenters. The summed E-state index contributed by atoms with van der Waals surface area (Å²) >= 11 is 8.95. The second-order valence-electron chi connectivity index (χ2n) is 4.37. The van der Waals surface area contributed by atoms with Crippen LogP contribution in [0.25, 0.3) is 0 Å². The lowest BCUT2D eigenvalue weighted by Gasteiger charge is -2.11. The van der Waals surface area contributed by atoms with E-state index in [1.54, 1.807) is 6.92 Å². The quantitative estimate of drug-likeness (QED) is 0.776. The van der Waals surface area contributed by atoms with E-state index in [4.69, 9.17) is 17.3 Å². The van der Waals surface area contributed by atoms with E-state index in [9.17, 15) is 12.8 Å². The summed E-state index contributed by atoms with van der Waals surface area (Å²) in [5.74, 6) is -0.579. The molecule has 2 aromatic rings. The zero-order valence-electron chi connectivity index (χ0n) is 10.8. The van der Waals surface area contributed by atoms with Gasteiger partial charge in [-0.3, -0.25) is 4.72 Å². The molecule has 0 aliphatic rings. The summed E-state index contributed by atoms with van der Waals surface area (Å²) in [7, 11) is -3.96. The van der Waals surface area contributed by atoms with Crippen molar-refractivity contribution in [3.05, 3.63) is 51.2 Å². The van der Waals surface area contributed by atoms with Crippen LogP contribution in [0.2, 0.25) is 5.02 Å². The molecular weight excluding hydrogens is 383 g/mol. The third-order valence-electron chi connectivity index (χ3n) is 2.78. The average molecular weight is 394 g/mol. The summed E-state index contributed by atoms with van der Waals surface area (Å²) in [5, 5.41) is 0.0479. The predicted molar refractivity (Wildman–Crippen MR) is 85.5 cm³/mol. The predicted octanol–water partition coefficient (Wildman–Crippen LogP) is 3.93. The molecular formula is C13H11BrClFN2O2S. The Bertz CT molecular complexity index is 812. The van der Waals surface area contributed by atoms with Gasteiger partial charge in [0.2, 0.25) is 0 Å². The number of hydrogen-bond donors (Lipinski definition) is 2. The number of anilines is 2. The van der Waals surface area contributed by atoms with Crippen LogP contribution in [0.15, 0.2) is 39.7 Å². The van der Waals surface area contributed by atoms with Gasteiger partial charge in [0.15, 0.2) is 0 Å². The minimum absolute atomic E-state index is 0.0479. The van der Waals surface area contributed by atoms with Crippen LogP contribution in [-0.4, -0.2) is 8.42 Å². The molecule has 0 aromatic heterocycles. The number of aryl methyl sites for hydroxylation is 1. The molecule has 112 valence electrons. The van der Waals surface area contributed by atoms with Crippen LogP contribution in [0.5, 0.6) is 0 Å². The van der Waals surface area contributed by atoms with Crippen molar-refractivity contribution in [2.45, 2.75) is 11.8 Å². The minimum atomic E-state index is -3.96. The number of rotatable bonds is 3. The number of nitrogens with two attached hydrogens (primary N) is 1. The number of nitrogens with one attached hydrogen (secondary N) is 1. The maximum Gasteiger partial charge on any atom is 0.263 e. The Morgan fingerprint density at radius 3 is 2.57 bits per heavy atom. The van der Waals surface area contributed by atoms with Crippen LogP contribution in [0.3, 0.4) is 0 Å². The second-order valence-corrected chi connectivity index (χ2v) is 7.29. The highest BCUT2D eigenvalue weighted by Gasteiger charge is 2.20. The van der Waals surface area contributed by atoms with E-state index >= 15 is 0 Å². The summed E-state index contributed by atoms with van der Waals surface area (Å²) in [5.41, 5.74) is 6.78. The number of sulfonamides is 1. The average Bonchev–Trinajstić information content (AvgIpc) is 2.37. The lowest BCUT2D eigenvalue weighted by atomic mass is 10.2. The van der Waals surface area contributed by atoms with Gasteiger partial charge in [-0.15, -0.1) is 0 Å². The van der Waals surface area contributed by atoms with Crippen molar-refractivity contribution in [1.29, 1.82) is 0 Å². The molecule has 0 aliphatic carbocycles. The van der Waals surface area contributed by atoms with Crippen molar-refractivity contribution in [1.82, 2.24) is 0 Å². The summed E-state index contributed by atoms with van der Waals surface area (Å²) in [6, 6.07) is 6.63. The van der Waals surface area contributed by atoms with Crippen molar-refractivity contribution < 1.29 is 12.8 Å². The Morgan fingerprint density at radius 2 is 1.95 bits per heavy atom. The Kier molecular flexibility index (Phi) is 4.46. The molecule has 0 unspecified atom stereocenters. The molecule has 0 aliphatic heterocycles. The molecule has 0 spiro atoms. The van der Waals surface area contributed by atoms with Crippen molar-refractivity contribution >= 4 is 48.9 Å². The monoisotopic (exact) mass is 392 g/mol. The number of hydrogen-bond acceptors (Lipinski definition) is 3. The van der Waals surface area contributed by atoms with Crippen molar-refractivity contribution in [3.8, 4) is 0 Å². The van der Waals surface area contributed by atoms with Gasteiger partial charge < -0.3 is 5.73 Å². The highest BCUT2D eigenvalue weighted by molar-refractivity contribution is 9.10. The van der Waals surface area contributed by atoms with E-state index in [0.717, 1.165) is 6.07 Å². The number of halogens is 3. The highest BCUT2D eigenvalue weighted by Crippen LogP contribution is 2.29. The molecule has 2 rings (SSSR count). The van der Waals surface area contributed by atoms with Gasteiger partial charge >= 0.3 is 0 Å². The largest absolute Gasteiger partial charge is 0.398 e. The molecule has 0 heterocycles. The molecule has 8 heteroatoms. The summed E-state index contributed by atoms with van der Waals surface area (Å²) in [6.45, 7) is 1.72. The summed E-state index contributed by atoms with van der Waals surface area (Å²) in [6.07, 6.45) is 0. The number of benzene rings is 2. The molecule has 0 saturated carbocycles. The maximum atomic E-state index is 13.4. The van der Waals surface area contributed by atoms with Gasteiger partial charge in [-0.1, -0.05) is 11.6 Å². The number of nitrogen functional groups attached to an aromatic ring is 1. The first-order valence-electron chi connectivity index (χ1n) is 5.74. The summed E-state index contributed by atoms with van der Waals surface area (Å²) in [4.78, 5) is -0.157. The van der Waals surface area contributed by atoms with Crippen LogP contribution in [0, 0.1) is 12.7 Å². The minimum Gasteiger partial charge on any atom is -0.398 e. The second kappa shape index (κ2) is 5.82. The molecule has 4 nitrogen and oxygen atoms in total. The van der Waals surface area contributed by atoms with Gasteiger partial charge in [0.05, 0.1) is 15.2 Å². The first-order valence-corrected chi connectivity index (χ1v) is 8.39. The van der Waals surface area contributed by atoms with Gasteiger partial charge in [0.25, 0.3) is 10.0 Å². The van der Waals surface area contributed by atoms with Crippen LogP contribution in [0.4, 0.5) is 15.8 Å². The van der Waals surface area contributed by atoms with Gasteiger partial charge in [-0.2, -0.15) is 0 Å². The molecule has 0 bridgehead atoms. The van der Waals surface area contributed by atoms with Gasteiger partial charge in [0, 0.05) is 5.69 Å². The van der Waals surface area contributed by atoms with Crippen LogP contribution in [0.1, 0.15) is 5.56 Å². The Labute approximate surface area is 135 Å². The van der Waals surface area contributed by atoms with E-state index in [1.165, 1.54) is 24.3 Å². The maximum absolute atomic E-state index is 13.4. The zero-order valence-corrected chi connectivity index (χ0v) is 14.0. The highest BCUT2D eigenvalue weighted by atomic mass is 79.9. The van der Waals surface area contributed by atoms with E-state index in [-0.39, 0.29) is 20.1 Å². The van der Waals surface area contributed by atoms with Gasteiger partial charge in [-0.25, -0.2) is 12.8 Å².